The van der Waals surface area contributed by atoms with Crippen molar-refractivity contribution in [2.45, 2.75) is 12.2 Å². The first-order valence-corrected chi connectivity index (χ1v) is 4.64. The van der Waals surface area contributed by atoms with Crippen LogP contribution in [0.25, 0.3) is 0 Å². The third-order valence-electron chi connectivity index (χ3n) is 1.23. The Hall–Kier alpha value is -0.160. The second-order valence-corrected chi connectivity index (χ2v) is 4.59. The topological polar surface area (TPSA) is 54.4 Å². The van der Waals surface area contributed by atoms with E-state index in [1.165, 1.54) is 6.92 Å². The third kappa shape index (κ3) is 2.62. The molecule has 1 atom stereocenters. The van der Waals surface area contributed by atoms with Gasteiger partial charge in [-0.15, -0.1) is 0 Å². The van der Waals surface area contributed by atoms with Crippen molar-refractivity contribution in [3.8, 4) is 0 Å². The maximum absolute atomic E-state index is 11.5. The van der Waals surface area contributed by atoms with Crippen molar-refractivity contribution in [3.05, 3.63) is 0 Å². The molecular formula is C5H11FO3S. The van der Waals surface area contributed by atoms with E-state index in [2.05, 4.69) is 0 Å². The van der Waals surface area contributed by atoms with Gasteiger partial charge < -0.3 is 5.11 Å². The number of aliphatic hydroxyl groups is 1. The first-order chi connectivity index (χ1) is 4.54. The minimum Gasteiger partial charge on any atom is -0.395 e. The summed E-state index contributed by atoms with van der Waals surface area (Å²) in [5, 5.41) is 7.55. The molecule has 0 aromatic heterocycles. The van der Waals surface area contributed by atoms with Gasteiger partial charge in [-0.25, -0.2) is 12.8 Å². The molecule has 0 bridgehead atoms. The highest BCUT2D eigenvalue weighted by Crippen LogP contribution is 2.00. The van der Waals surface area contributed by atoms with Crippen LogP contribution in [0.15, 0.2) is 0 Å². The van der Waals surface area contributed by atoms with Gasteiger partial charge in [0.05, 0.1) is 17.6 Å². The van der Waals surface area contributed by atoms with Crippen LogP contribution in [0.2, 0.25) is 0 Å². The van der Waals surface area contributed by atoms with Crippen LogP contribution < -0.4 is 0 Å². The molecule has 0 aliphatic carbocycles. The Balaban J connectivity index is 4.12. The summed E-state index contributed by atoms with van der Waals surface area (Å²) in [6.07, 6.45) is 0. The number of sulfone groups is 1. The van der Waals surface area contributed by atoms with Crippen molar-refractivity contribution in [2.75, 3.05) is 19.0 Å². The lowest BCUT2D eigenvalue weighted by atomic mass is 10.5. The first kappa shape index (κ1) is 9.84. The van der Waals surface area contributed by atoms with E-state index in [-0.39, 0.29) is 0 Å². The van der Waals surface area contributed by atoms with Gasteiger partial charge in [0.25, 0.3) is 0 Å². The van der Waals surface area contributed by atoms with Crippen LogP contribution >= 0.6 is 0 Å². The third-order valence-corrected chi connectivity index (χ3v) is 3.33. The smallest absolute Gasteiger partial charge is 0.157 e. The Morgan fingerprint density at radius 1 is 1.60 bits per heavy atom. The van der Waals surface area contributed by atoms with Crippen LogP contribution in [0.5, 0.6) is 0 Å². The average Bonchev–Trinajstić information content (AvgIpc) is 1.86. The number of alkyl halides is 1. The predicted molar refractivity (Wildman–Crippen MR) is 36.3 cm³/mol. The van der Waals surface area contributed by atoms with Crippen molar-refractivity contribution in [3.63, 3.8) is 0 Å². The largest absolute Gasteiger partial charge is 0.395 e. The van der Waals surface area contributed by atoms with Gasteiger partial charge in [0, 0.05) is 0 Å². The highest BCUT2D eigenvalue weighted by atomic mass is 32.2. The molecule has 0 aromatic carbocycles. The Morgan fingerprint density at radius 3 is 2.40 bits per heavy atom. The molecular weight excluding hydrogens is 159 g/mol. The fourth-order valence-corrected chi connectivity index (χ4v) is 1.27. The highest BCUT2D eigenvalue weighted by molar-refractivity contribution is 7.92. The molecule has 0 radical (unpaired) electrons. The molecule has 62 valence electrons. The Bertz CT molecular complexity index is 175. The van der Waals surface area contributed by atoms with Gasteiger partial charge in [-0.2, -0.15) is 0 Å². The lowest BCUT2D eigenvalue weighted by molar-refractivity contribution is 0.295. The Kier molecular flexibility index (Phi) is 3.81. The van der Waals surface area contributed by atoms with Gasteiger partial charge in [0.2, 0.25) is 0 Å². The second kappa shape index (κ2) is 3.88. The molecule has 0 aliphatic heterocycles. The molecule has 0 heterocycles. The average molecular weight is 170 g/mol. The lowest BCUT2D eigenvalue weighted by Gasteiger charge is -2.06. The van der Waals surface area contributed by atoms with E-state index in [1.54, 1.807) is 0 Å². The zero-order valence-corrected chi connectivity index (χ0v) is 6.57. The summed E-state index contributed by atoms with van der Waals surface area (Å²) < 4.78 is 33.0. The maximum Gasteiger partial charge on any atom is 0.157 e. The molecule has 0 aromatic rings. The van der Waals surface area contributed by atoms with Crippen LogP contribution in [0.1, 0.15) is 6.92 Å². The van der Waals surface area contributed by atoms with Crippen molar-refractivity contribution < 1.29 is 17.9 Å². The van der Waals surface area contributed by atoms with Gasteiger partial charge in [0.1, 0.15) is 6.67 Å². The first-order valence-electron chi connectivity index (χ1n) is 2.93. The number of halogens is 1. The van der Waals surface area contributed by atoms with Crippen LogP contribution in [-0.2, 0) is 9.84 Å². The predicted octanol–water partition coefficient (Wildman–Crippen LogP) is -0.248. The molecule has 0 spiro atoms. The van der Waals surface area contributed by atoms with Crippen LogP contribution in [0, 0.1) is 0 Å². The van der Waals surface area contributed by atoms with Gasteiger partial charge in [-0.3, -0.25) is 0 Å². The number of aliphatic hydroxyl groups excluding tert-OH is 1. The standard InChI is InChI=1S/C5H11FO3S/c1-5(4-7)10(8,9)3-2-6/h5,7H,2-4H2,1H3. The van der Waals surface area contributed by atoms with Crippen molar-refractivity contribution in [2.24, 2.45) is 0 Å². The zero-order chi connectivity index (χ0) is 8.20. The minimum absolute atomic E-state index is 0.442. The Morgan fingerprint density at radius 2 is 2.10 bits per heavy atom. The SMILES string of the molecule is CC(CO)S(=O)(=O)CCF. The minimum atomic E-state index is -3.39. The fraction of sp³-hybridized carbons (Fsp3) is 1.00. The summed E-state index contributed by atoms with van der Waals surface area (Å²) in [5.74, 6) is -0.491. The molecule has 1 N–H and O–H groups in total. The molecule has 10 heavy (non-hydrogen) atoms. The van der Waals surface area contributed by atoms with Crippen LogP contribution in [0.4, 0.5) is 4.39 Å². The van der Waals surface area contributed by atoms with Crippen molar-refractivity contribution in [1.82, 2.24) is 0 Å². The molecule has 5 heteroatoms. The molecule has 0 rings (SSSR count). The summed E-state index contributed by atoms with van der Waals surface area (Å²) in [4.78, 5) is 0. The maximum atomic E-state index is 11.5. The highest BCUT2D eigenvalue weighted by Gasteiger charge is 2.18. The summed E-state index contributed by atoms with van der Waals surface area (Å²) in [7, 11) is -3.39. The van der Waals surface area contributed by atoms with Gasteiger partial charge in [-0.05, 0) is 6.92 Å². The van der Waals surface area contributed by atoms with Crippen LogP contribution in [-0.4, -0.2) is 37.8 Å². The molecule has 1 unspecified atom stereocenters. The van der Waals surface area contributed by atoms with E-state index in [9.17, 15) is 12.8 Å². The molecule has 0 fully saturated rings. The van der Waals surface area contributed by atoms with E-state index in [1.807, 2.05) is 0 Å². The van der Waals surface area contributed by atoms with E-state index >= 15 is 0 Å². The van der Waals surface area contributed by atoms with Crippen LogP contribution in [0.3, 0.4) is 0 Å². The number of hydrogen-bond acceptors (Lipinski definition) is 3. The monoisotopic (exact) mass is 170 g/mol. The molecule has 0 saturated carbocycles. The van der Waals surface area contributed by atoms with Gasteiger partial charge in [0.15, 0.2) is 9.84 Å². The van der Waals surface area contributed by atoms with E-state index in [0.29, 0.717) is 0 Å². The fourth-order valence-electron chi connectivity index (χ4n) is 0.422. The van der Waals surface area contributed by atoms with E-state index in [4.69, 9.17) is 5.11 Å². The number of rotatable bonds is 4. The normalized spacial score (nSPS) is 15.1. The van der Waals surface area contributed by atoms with E-state index in [0.717, 1.165) is 0 Å². The summed E-state index contributed by atoms with van der Waals surface area (Å²) >= 11 is 0. The quantitative estimate of drug-likeness (QED) is 0.633. The zero-order valence-electron chi connectivity index (χ0n) is 5.75. The molecule has 0 saturated heterocycles. The van der Waals surface area contributed by atoms with Crippen molar-refractivity contribution in [1.29, 1.82) is 0 Å². The lowest BCUT2D eigenvalue weighted by Crippen LogP contribution is -2.25. The molecule has 0 amide bonds. The van der Waals surface area contributed by atoms with E-state index < -0.39 is 34.1 Å². The molecule has 3 nitrogen and oxygen atoms in total. The number of hydrogen-bond donors (Lipinski definition) is 1. The Labute approximate surface area is 59.8 Å². The van der Waals surface area contributed by atoms with Crippen molar-refractivity contribution >= 4 is 9.84 Å². The van der Waals surface area contributed by atoms with Gasteiger partial charge in [-0.1, -0.05) is 0 Å². The summed E-state index contributed by atoms with van der Waals surface area (Å²) in [6.45, 7) is 0.0278. The second-order valence-electron chi connectivity index (χ2n) is 2.05. The summed E-state index contributed by atoms with van der Waals surface area (Å²) in [6, 6.07) is 0. The summed E-state index contributed by atoms with van der Waals surface area (Å²) in [5.41, 5.74) is 0. The van der Waals surface area contributed by atoms with Gasteiger partial charge >= 0.3 is 0 Å². The molecule has 0 aliphatic rings.